The number of hydrogen-bond donors (Lipinski definition) is 1. The first kappa shape index (κ1) is 11.9. The smallest absolute Gasteiger partial charge is 0.259 e. The molecule has 1 amide bonds. The lowest BCUT2D eigenvalue weighted by Gasteiger charge is -2.05. The van der Waals surface area contributed by atoms with E-state index in [1.165, 1.54) is 12.4 Å². The van der Waals surface area contributed by atoms with Crippen LogP contribution in [0.5, 0.6) is 0 Å². The molecule has 2 rings (SSSR count). The average molecular weight is 271 g/mol. The van der Waals surface area contributed by atoms with Gasteiger partial charge in [0.2, 0.25) is 5.95 Å². The zero-order valence-electron chi connectivity index (χ0n) is 8.82. The highest BCUT2D eigenvalue weighted by atomic mass is 35.5. The van der Waals surface area contributed by atoms with Gasteiger partial charge in [-0.3, -0.25) is 10.1 Å². The topological polar surface area (TPSA) is 59.8 Å². The third kappa shape index (κ3) is 2.57. The largest absolute Gasteiger partial charge is 0.303 e. The third-order valence-corrected chi connectivity index (χ3v) is 2.66. The van der Waals surface area contributed by atoms with Gasteiger partial charge in [0.05, 0.1) is 10.6 Å². The highest BCUT2D eigenvalue weighted by Gasteiger charge is 2.12. The number of carbonyl (C=O) groups excluding carboxylic acids is 1. The molecular formula is C10H8Cl2N4O. The Morgan fingerprint density at radius 3 is 2.76 bits per heavy atom. The molecule has 88 valence electrons. The van der Waals surface area contributed by atoms with E-state index in [1.807, 2.05) is 0 Å². The molecule has 0 unspecified atom stereocenters. The van der Waals surface area contributed by atoms with Crippen LogP contribution in [0.25, 0.3) is 0 Å². The van der Waals surface area contributed by atoms with Gasteiger partial charge < -0.3 is 4.57 Å². The molecule has 0 aliphatic carbocycles. The van der Waals surface area contributed by atoms with E-state index in [2.05, 4.69) is 15.5 Å². The van der Waals surface area contributed by atoms with Crippen molar-refractivity contribution >= 4 is 35.1 Å². The summed E-state index contributed by atoms with van der Waals surface area (Å²) in [5.74, 6) is -0.0104. The molecule has 1 heterocycles. The highest BCUT2D eigenvalue weighted by Crippen LogP contribution is 2.21. The summed E-state index contributed by atoms with van der Waals surface area (Å²) in [5.41, 5.74) is 0.332. The Kier molecular flexibility index (Phi) is 3.31. The highest BCUT2D eigenvalue weighted by molar-refractivity contribution is 6.37. The number of halogens is 2. The molecular weight excluding hydrogens is 263 g/mol. The molecule has 0 saturated carbocycles. The summed E-state index contributed by atoms with van der Waals surface area (Å²) in [7, 11) is 1.72. The second-order valence-electron chi connectivity index (χ2n) is 3.34. The zero-order valence-corrected chi connectivity index (χ0v) is 10.3. The van der Waals surface area contributed by atoms with Crippen molar-refractivity contribution in [2.75, 3.05) is 5.32 Å². The second kappa shape index (κ2) is 4.73. The monoisotopic (exact) mass is 270 g/mol. The summed E-state index contributed by atoms with van der Waals surface area (Å²) in [4.78, 5) is 11.9. The number of carbonyl (C=O) groups is 1. The minimum atomic E-state index is -0.359. The number of hydrogen-bond acceptors (Lipinski definition) is 3. The molecule has 0 radical (unpaired) electrons. The van der Waals surface area contributed by atoms with E-state index in [0.717, 1.165) is 0 Å². The van der Waals surface area contributed by atoms with Crippen LogP contribution in [-0.2, 0) is 7.05 Å². The first-order valence-electron chi connectivity index (χ1n) is 4.68. The average Bonchev–Trinajstić information content (AvgIpc) is 2.64. The number of rotatable bonds is 2. The van der Waals surface area contributed by atoms with Crippen LogP contribution in [0.3, 0.4) is 0 Å². The molecule has 1 aromatic carbocycles. The summed E-state index contributed by atoms with van der Waals surface area (Å²) in [6, 6.07) is 4.66. The van der Waals surface area contributed by atoms with E-state index >= 15 is 0 Å². The first-order chi connectivity index (χ1) is 8.08. The fourth-order valence-electron chi connectivity index (χ4n) is 1.24. The van der Waals surface area contributed by atoms with E-state index in [0.29, 0.717) is 16.5 Å². The van der Waals surface area contributed by atoms with Gasteiger partial charge >= 0.3 is 0 Å². The minimum Gasteiger partial charge on any atom is -0.303 e. The van der Waals surface area contributed by atoms with Gasteiger partial charge in [-0.2, -0.15) is 0 Å². The quantitative estimate of drug-likeness (QED) is 0.912. The first-order valence-corrected chi connectivity index (χ1v) is 5.44. The number of amides is 1. The lowest BCUT2D eigenvalue weighted by Crippen LogP contribution is -2.15. The molecule has 0 aliphatic heterocycles. The van der Waals surface area contributed by atoms with Gasteiger partial charge in [0.1, 0.15) is 6.33 Å². The maximum Gasteiger partial charge on any atom is 0.259 e. The number of benzene rings is 1. The number of anilines is 1. The summed E-state index contributed by atoms with van der Waals surface area (Å²) >= 11 is 11.7. The lowest BCUT2D eigenvalue weighted by molar-refractivity contribution is 0.102. The van der Waals surface area contributed by atoms with E-state index in [9.17, 15) is 4.79 Å². The van der Waals surface area contributed by atoms with Crippen molar-refractivity contribution in [3.63, 3.8) is 0 Å². The van der Waals surface area contributed by atoms with Crippen LogP contribution in [0, 0.1) is 0 Å². The van der Waals surface area contributed by atoms with Crippen LogP contribution in [-0.4, -0.2) is 20.7 Å². The molecule has 0 spiro atoms. The molecule has 0 fully saturated rings. The summed E-state index contributed by atoms with van der Waals surface area (Å²) < 4.78 is 1.59. The van der Waals surface area contributed by atoms with Crippen LogP contribution >= 0.6 is 23.2 Å². The van der Waals surface area contributed by atoms with Crippen molar-refractivity contribution in [2.45, 2.75) is 0 Å². The van der Waals surface area contributed by atoms with E-state index in [4.69, 9.17) is 23.2 Å². The molecule has 17 heavy (non-hydrogen) atoms. The molecule has 5 nitrogen and oxygen atoms in total. The van der Waals surface area contributed by atoms with Crippen LogP contribution in [0.4, 0.5) is 5.95 Å². The van der Waals surface area contributed by atoms with Crippen LogP contribution in [0.2, 0.25) is 10.0 Å². The molecule has 7 heteroatoms. The molecule has 0 saturated heterocycles. The van der Waals surface area contributed by atoms with E-state index in [1.54, 1.807) is 23.7 Å². The molecule has 1 N–H and O–H groups in total. The second-order valence-corrected chi connectivity index (χ2v) is 4.19. The Bertz CT molecular complexity index is 567. The summed E-state index contributed by atoms with van der Waals surface area (Å²) in [6.45, 7) is 0. The number of nitrogens with zero attached hydrogens (tertiary/aromatic N) is 3. The van der Waals surface area contributed by atoms with Crippen LogP contribution < -0.4 is 5.32 Å². The predicted octanol–water partition coefficient (Wildman–Crippen LogP) is 2.37. The van der Waals surface area contributed by atoms with Crippen molar-refractivity contribution in [1.29, 1.82) is 0 Å². The van der Waals surface area contributed by atoms with Gasteiger partial charge in [-0.05, 0) is 18.2 Å². The summed E-state index contributed by atoms with van der Waals surface area (Å²) in [6.07, 6.45) is 1.49. The van der Waals surface area contributed by atoms with Crippen molar-refractivity contribution in [3.8, 4) is 0 Å². The van der Waals surface area contributed by atoms with Gasteiger partial charge in [0.15, 0.2) is 0 Å². The fourth-order valence-corrected chi connectivity index (χ4v) is 1.73. The Balaban J connectivity index is 2.23. The number of aryl methyl sites for hydroxylation is 1. The van der Waals surface area contributed by atoms with Crippen LogP contribution in [0.1, 0.15) is 10.4 Å². The minimum absolute atomic E-state index is 0.289. The van der Waals surface area contributed by atoms with Crippen molar-refractivity contribution in [1.82, 2.24) is 14.8 Å². The molecule has 0 atom stereocenters. The normalized spacial score (nSPS) is 10.3. The van der Waals surface area contributed by atoms with Crippen molar-refractivity contribution < 1.29 is 4.79 Å². The van der Waals surface area contributed by atoms with Crippen molar-refractivity contribution in [2.24, 2.45) is 7.05 Å². The number of nitrogens with one attached hydrogen (secondary N) is 1. The van der Waals surface area contributed by atoms with Gasteiger partial charge in [-0.15, -0.1) is 10.2 Å². The lowest BCUT2D eigenvalue weighted by atomic mass is 10.2. The van der Waals surface area contributed by atoms with Gasteiger partial charge in [-0.1, -0.05) is 23.2 Å². The Morgan fingerprint density at radius 2 is 2.18 bits per heavy atom. The Morgan fingerprint density at radius 1 is 1.41 bits per heavy atom. The Labute approximate surface area is 107 Å². The maximum atomic E-state index is 11.9. The number of aromatic nitrogens is 3. The maximum absolute atomic E-state index is 11.9. The molecule has 0 aliphatic rings. The van der Waals surface area contributed by atoms with Gasteiger partial charge in [0, 0.05) is 12.1 Å². The predicted molar refractivity (Wildman–Crippen MR) is 65.4 cm³/mol. The van der Waals surface area contributed by atoms with E-state index < -0.39 is 0 Å². The van der Waals surface area contributed by atoms with Crippen LogP contribution in [0.15, 0.2) is 24.5 Å². The van der Waals surface area contributed by atoms with Crippen molar-refractivity contribution in [3.05, 3.63) is 40.1 Å². The van der Waals surface area contributed by atoms with Gasteiger partial charge in [-0.25, -0.2) is 0 Å². The van der Waals surface area contributed by atoms with Gasteiger partial charge in [0.25, 0.3) is 5.91 Å². The molecule has 1 aromatic heterocycles. The molecule has 2 aromatic rings. The third-order valence-electron chi connectivity index (χ3n) is 2.11. The summed E-state index contributed by atoms with van der Waals surface area (Å²) in [5, 5.41) is 10.7. The SMILES string of the molecule is Cn1cnnc1NC(=O)c1ccc(Cl)cc1Cl. The fraction of sp³-hybridized carbons (Fsp3) is 0.100. The Hall–Kier alpha value is -1.59. The molecule has 0 bridgehead atoms. The zero-order chi connectivity index (χ0) is 12.4. The standard InChI is InChI=1S/C10H8Cl2N4O/c1-16-5-13-15-10(16)14-9(17)7-3-2-6(11)4-8(7)12/h2-5H,1H3,(H,14,15,17). The van der Waals surface area contributed by atoms with E-state index in [-0.39, 0.29) is 10.9 Å².